The Morgan fingerprint density at radius 3 is 3.12 bits per heavy atom. The summed E-state index contributed by atoms with van der Waals surface area (Å²) in [5, 5.41) is 0. The molecule has 0 radical (unpaired) electrons. The van der Waals surface area contributed by atoms with Crippen LogP contribution >= 0.6 is 15.9 Å². The minimum Gasteiger partial charge on any atom is -0.345 e. The zero-order valence-electron chi connectivity index (χ0n) is 4.13. The van der Waals surface area contributed by atoms with Crippen LogP contribution in [0.25, 0.3) is 6.08 Å². The topological polar surface area (TPSA) is 28.7 Å². The van der Waals surface area contributed by atoms with Crippen LogP contribution in [0.1, 0.15) is 5.82 Å². The minimum atomic E-state index is 0.863. The quantitative estimate of drug-likeness (QED) is 0.688. The summed E-state index contributed by atoms with van der Waals surface area (Å²) in [7, 11) is 0. The van der Waals surface area contributed by atoms with Crippen LogP contribution in [-0.2, 0) is 0 Å². The predicted octanol–water partition coefficient (Wildman–Crippen LogP) is 1.78. The van der Waals surface area contributed by atoms with Crippen LogP contribution < -0.4 is 0 Å². The van der Waals surface area contributed by atoms with Crippen LogP contribution in [0.15, 0.2) is 17.4 Å². The molecule has 8 heavy (non-hydrogen) atoms. The fourth-order valence-electron chi connectivity index (χ4n) is 0.428. The largest absolute Gasteiger partial charge is 0.345 e. The number of imidazole rings is 1. The molecule has 0 aliphatic heterocycles. The lowest BCUT2D eigenvalue weighted by atomic mass is 10.6. The third-order valence-corrected chi connectivity index (χ3v) is 1.00. The number of hydrogen-bond acceptors (Lipinski definition) is 1. The molecule has 42 valence electrons. The Bertz CT molecular complexity index is 167. The van der Waals surface area contributed by atoms with Crippen molar-refractivity contribution in [1.82, 2.24) is 9.97 Å². The zero-order valence-corrected chi connectivity index (χ0v) is 5.72. The van der Waals surface area contributed by atoms with E-state index in [1.54, 1.807) is 17.4 Å². The minimum absolute atomic E-state index is 0.863. The van der Waals surface area contributed by atoms with Crippen LogP contribution in [0.2, 0.25) is 0 Å². The molecule has 3 heteroatoms. The van der Waals surface area contributed by atoms with E-state index >= 15 is 0 Å². The van der Waals surface area contributed by atoms with Crippen LogP contribution in [0.5, 0.6) is 0 Å². The summed E-state index contributed by atoms with van der Waals surface area (Å²) in [5.41, 5.74) is 0. The Balaban J connectivity index is 2.77. The molecule has 1 aromatic heterocycles. The van der Waals surface area contributed by atoms with Crippen LogP contribution in [0, 0.1) is 0 Å². The molecule has 0 atom stereocenters. The van der Waals surface area contributed by atoms with E-state index in [4.69, 9.17) is 0 Å². The third kappa shape index (κ3) is 1.20. The number of rotatable bonds is 1. The molecule has 1 N–H and O–H groups in total. The molecule has 1 heterocycles. The van der Waals surface area contributed by atoms with Crippen molar-refractivity contribution in [3.05, 3.63) is 23.2 Å². The predicted molar refractivity (Wildman–Crippen MR) is 36.5 cm³/mol. The van der Waals surface area contributed by atoms with Gasteiger partial charge < -0.3 is 4.98 Å². The van der Waals surface area contributed by atoms with Crippen molar-refractivity contribution < 1.29 is 0 Å². The summed E-state index contributed by atoms with van der Waals surface area (Å²) < 4.78 is 0. The summed E-state index contributed by atoms with van der Waals surface area (Å²) >= 11 is 3.13. The highest BCUT2D eigenvalue weighted by atomic mass is 79.9. The number of hydrogen-bond donors (Lipinski definition) is 1. The van der Waals surface area contributed by atoms with Crippen LogP contribution in [0.4, 0.5) is 0 Å². The van der Waals surface area contributed by atoms with E-state index < -0.39 is 0 Å². The molecule has 2 nitrogen and oxygen atoms in total. The molecule has 0 aliphatic rings. The molecule has 0 saturated carbocycles. The summed E-state index contributed by atoms with van der Waals surface area (Å²) in [6.07, 6.45) is 5.32. The van der Waals surface area contributed by atoms with E-state index in [0.717, 1.165) is 5.82 Å². The average molecular weight is 173 g/mol. The Kier molecular flexibility index (Phi) is 1.86. The molecule has 0 aromatic carbocycles. The lowest BCUT2D eigenvalue weighted by molar-refractivity contribution is 1.27. The van der Waals surface area contributed by atoms with Crippen molar-refractivity contribution in [2.24, 2.45) is 0 Å². The lowest BCUT2D eigenvalue weighted by Gasteiger charge is -1.75. The van der Waals surface area contributed by atoms with Gasteiger partial charge in [-0.1, -0.05) is 15.9 Å². The number of nitrogens with zero attached hydrogens (tertiary/aromatic N) is 1. The first-order valence-electron chi connectivity index (χ1n) is 2.19. The van der Waals surface area contributed by atoms with Crippen molar-refractivity contribution in [3.63, 3.8) is 0 Å². The molecule has 0 saturated heterocycles. The Hall–Kier alpha value is -0.570. The highest BCUT2D eigenvalue weighted by Crippen LogP contribution is 1.93. The van der Waals surface area contributed by atoms with Gasteiger partial charge in [0.25, 0.3) is 0 Å². The molecular formula is C5H5BrN2. The molecule has 1 aromatic rings. The van der Waals surface area contributed by atoms with E-state index in [1.165, 1.54) is 0 Å². The molecule has 0 bridgehead atoms. The van der Waals surface area contributed by atoms with Crippen LogP contribution in [-0.4, -0.2) is 9.97 Å². The molecule has 0 aliphatic carbocycles. The number of nitrogens with one attached hydrogen (secondary N) is 1. The van der Waals surface area contributed by atoms with Gasteiger partial charge in [0.15, 0.2) is 0 Å². The van der Waals surface area contributed by atoms with Crippen molar-refractivity contribution in [2.45, 2.75) is 0 Å². The lowest BCUT2D eigenvalue weighted by Crippen LogP contribution is -1.69. The van der Waals surface area contributed by atoms with E-state index in [1.807, 2.05) is 6.08 Å². The van der Waals surface area contributed by atoms with E-state index in [2.05, 4.69) is 25.9 Å². The smallest absolute Gasteiger partial charge is 0.130 e. The molecule has 1 rings (SSSR count). The van der Waals surface area contributed by atoms with Gasteiger partial charge >= 0.3 is 0 Å². The highest BCUT2D eigenvalue weighted by molar-refractivity contribution is 9.11. The molecule has 0 unspecified atom stereocenters. The highest BCUT2D eigenvalue weighted by Gasteiger charge is 1.80. The van der Waals surface area contributed by atoms with E-state index in [0.29, 0.717) is 0 Å². The normalized spacial score (nSPS) is 10.6. The Morgan fingerprint density at radius 2 is 2.62 bits per heavy atom. The average Bonchev–Trinajstić information content (AvgIpc) is 2.19. The first-order valence-corrected chi connectivity index (χ1v) is 3.11. The fraction of sp³-hybridized carbons (Fsp3) is 0. The van der Waals surface area contributed by atoms with E-state index in [-0.39, 0.29) is 0 Å². The van der Waals surface area contributed by atoms with Gasteiger partial charge in [-0.15, -0.1) is 0 Å². The van der Waals surface area contributed by atoms with Crippen molar-refractivity contribution >= 4 is 22.0 Å². The third-order valence-electron chi connectivity index (χ3n) is 0.740. The molecular weight excluding hydrogens is 168 g/mol. The number of halogens is 1. The van der Waals surface area contributed by atoms with Crippen LogP contribution in [0.3, 0.4) is 0 Å². The van der Waals surface area contributed by atoms with Gasteiger partial charge in [0.1, 0.15) is 5.82 Å². The van der Waals surface area contributed by atoms with Gasteiger partial charge in [-0.2, -0.15) is 0 Å². The first-order chi connectivity index (χ1) is 3.93. The van der Waals surface area contributed by atoms with Gasteiger partial charge in [0.05, 0.1) is 0 Å². The van der Waals surface area contributed by atoms with Gasteiger partial charge in [-0.3, -0.25) is 0 Å². The first kappa shape index (κ1) is 5.56. The van der Waals surface area contributed by atoms with E-state index in [9.17, 15) is 0 Å². The van der Waals surface area contributed by atoms with Gasteiger partial charge in [0.2, 0.25) is 0 Å². The SMILES string of the molecule is Br/C=C/c1ncc[nH]1. The number of aromatic amines is 1. The maximum atomic E-state index is 3.93. The Labute approximate surface area is 55.8 Å². The monoisotopic (exact) mass is 172 g/mol. The molecule has 0 spiro atoms. The summed E-state index contributed by atoms with van der Waals surface area (Å²) in [4.78, 5) is 8.60. The standard InChI is InChI=1S/C5H5BrN2/c6-2-1-5-7-3-4-8-5/h1-4H,(H,7,8)/b2-1+. The number of H-pyrrole nitrogens is 1. The molecule has 0 fully saturated rings. The van der Waals surface area contributed by atoms with Gasteiger partial charge in [-0.25, -0.2) is 4.98 Å². The maximum Gasteiger partial charge on any atom is 0.130 e. The summed E-state index contributed by atoms with van der Waals surface area (Å²) in [5.74, 6) is 0.863. The molecule has 0 amide bonds. The van der Waals surface area contributed by atoms with Gasteiger partial charge in [0, 0.05) is 12.4 Å². The second-order valence-corrected chi connectivity index (χ2v) is 1.80. The number of aromatic nitrogens is 2. The summed E-state index contributed by atoms with van der Waals surface area (Å²) in [6.45, 7) is 0. The van der Waals surface area contributed by atoms with Crippen molar-refractivity contribution in [3.8, 4) is 0 Å². The van der Waals surface area contributed by atoms with Crippen molar-refractivity contribution in [2.75, 3.05) is 0 Å². The fourth-order valence-corrected chi connectivity index (χ4v) is 0.679. The van der Waals surface area contributed by atoms with Gasteiger partial charge in [-0.05, 0) is 11.1 Å². The second-order valence-electron chi connectivity index (χ2n) is 1.27. The zero-order chi connectivity index (χ0) is 5.82. The second kappa shape index (κ2) is 2.67. The summed E-state index contributed by atoms with van der Waals surface area (Å²) in [6, 6.07) is 0. The van der Waals surface area contributed by atoms with Crippen molar-refractivity contribution in [1.29, 1.82) is 0 Å². The Morgan fingerprint density at radius 1 is 1.75 bits per heavy atom. The maximum absolute atomic E-state index is 3.93.